The van der Waals surface area contributed by atoms with Crippen molar-refractivity contribution in [2.24, 2.45) is 4.99 Å². The van der Waals surface area contributed by atoms with Crippen LogP contribution in [0.4, 0.5) is 4.39 Å². The number of halogens is 1. The summed E-state index contributed by atoms with van der Waals surface area (Å²) < 4.78 is 19.0. The molecule has 2 N–H and O–H groups in total. The third-order valence-electron chi connectivity index (χ3n) is 4.72. The number of hydrogen-bond acceptors (Lipinski definition) is 3. The molecule has 0 spiro atoms. The predicted molar refractivity (Wildman–Crippen MR) is 110 cm³/mol. The van der Waals surface area contributed by atoms with Crippen LogP contribution >= 0.6 is 11.8 Å². The summed E-state index contributed by atoms with van der Waals surface area (Å²) in [5, 5.41) is 6.74. The Labute approximate surface area is 161 Å². The van der Waals surface area contributed by atoms with Gasteiger partial charge in [0.1, 0.15) is 5.82 Å². The van der Waals surface area contributed by atoms with Crippen LogP contribution in [0.15, 0.2) is 23.2 Å². The van der Waals surface area contributed by atoms with Gasteiger partial charge in [0.2, 0.25) is 0 Å². The normalized spacial score (nSPS) is 17.2. The molecule has 1 aliphatic heterocycles. The molecule has 0 bridgehead atoms. The summed E-state index contributed by atoms with van der Waals surface area (Å²) in [5.41, 5.74) is 2.16. The van der Waals surface area contributed by atoms with E-state index < -0.39 is 0 Å². The first-order valence-corrected chi connectivity index (χ1v) is 10.6. The predicted octanol–water partition coefficient (Wildman–Crippen LogP) is 3.53. The van der Waals surface area contributed by atoms with Gasteiger partial charge in [-0.1, -0.05) is 13.0 Å². The van der Waals surface area contributed by atoms with Crippen LogP contribution < -0.4 is 10.6 Å². The smallest absolute Gasteiger partial charge is 0.191 e. The average Bonchev–Trinajstić information content (AvgIpc) is 2.62. The molecule has 1 aromatic rings. The van der Waals surface area contributed by atoms with Crippen LogP contribution in [-0.4, -0.2) is 49.3 Å². The average molecular weight is 382 g/mol. The van der Waals surface area contributed by atoms with Gasteiger partial charge in [-0.3, -0.25) is 4.99 Å². The van der Waals surface area contributed by atoms with Crippen molar-refractivity contribution in [3.63, 3.8) is 0 Å². The van der Waals surface area contributed by atoms with Crippen LogP contribution in [-0.2, 0) is 11.2 Å². The number of rotatable bonds is 8. The van der Waals surface area contributed by atoms with Gasteiger partial charge in [-0.25, -0.2) is 4.39 Å². The summed E-state index contributed by atoms with van der Waals surface area (Å²) in [5.74, 6) is 1.78. The van der Waals surface area contributed by atoms with Crippen molar-refractivity contribution in [1.82, 2.24) is 10.6 Å². The van der Waals surface area contributed by atoms with E-state index in [4.69, 9.17) is 9.73 Å². The van der Waals surface area contributed by atoms with Gasteiger partial charge < -0.3 is 15.4 Å². The Bertz CT molecular complexity index is 583. The number of ether oxygens (including phenoxy) is 1. The van der Waals surface area contributed by atoms with Crippen molar-refractivity contribution >= 4 is 17.7 Å². The van der Waals surface area contributed by atoms with Crippen molar-refractivity contribution in [3.8, 4) is 0 Å². The molecule has 1 saturated heterocycles. The van der Waals surface area contributed by atoms with Crippen LogP contribution in [0.2, 0.25) is 0 Å². The molecule has 2 rings (SSSR count). The van der Waals surface area contributed by atoms with Crippen LogP contribution in [0, 0.1) is 12.7 Å². The summed E-state index contributed by atoms with van der Waals surface area (Å²) in [7, 11) is 0. The molecule has 1 heterocycles. The first-order chi connectivity index (χ1) is 12.6. The highest BCUT2D eigenvalue weighted by molar-refractivity contribution is 8.00. The molecule has 0 amide bonds. The van der Waals surface area contributed by atoms with Crippen molar-refractivity contribution in [3.05, 3.63) is 35.1 Å². The maximum atomic E-state index is 13.2. The second-order valence-electron chi connectivity index (χ2n) is 6.67. The molecular formula is C20H32FN3OS. The van der Waals surface area contributed by atoms with Crippen LogP contribution in [0.3, 0.4) is 0 Å². The highest BCUT2D eigenvalue weighted by atomic mass is 32.2. The molecule has 4 nitrogen and oxygen atoms in total. The Hall–Kier alpha value is -1.27. The third kappa shape index (κ3) is 6.47. The Morgan fingerprint density at radius 3 is 2.69 bits per heavy atom. The van der Waals surface area contributed by atoms with Crippen LogP contribution in [0.25, 0.3) is 0 Å². The molecule has 0 saturated carbocycles. The molecule has 1 fully saturated rings. The van der Waals surface area contributed by atoms with Crippen LogP contribution in [0.5, 0.6) is 0 Å². The SMILES string of the molecule is CCNC(=NCC1(SCC)CCOCC1)NCCc1ccc(F)cc1C. The molecule has 0 aliphatic carbocycles. The number of benzene rings is 1. The van der Waals surface area contributed by atoms with E-state index in [0.717, 1.165) is 74.9 Å². The molecule has 0 radical (unpaired) electrons. The molecule has 26 heavy (non-hydrogen) atoms. The fraction of sp³-hybridized carbons (Fsp3) is 0.650. The van der Waals surface area contributed by atoms with Crippen molar-refractivity contribution in [2.75, 3.05) is 38.6 Å². The summed E-state index contributed by atoms with van der Waals surface area (Å²) in [6.45, 7) is 10.3. The van der Waals surface area contributed by atoms with Crippen molar-refractivity contribution < 1.29 is 9.13 Å². The zero-order chi connectivity index (χ0) is 18.8. The fourth-order valence-corrected chi connectivity index (χ4v) is 4.44. The molecule has 0 aromatic heterocycles. The van der Waals surface area contributed by atoms with E-state index >= 15 is 0 Å². The third-order valence-corrected chi connectivity index (χ3v) is 6.15. The van der Waals surface area contributed by atoms with E-state index in [1.54, 1.807) is 6.07 Å². The zero-order valence-electron chi connectivity index (χ0n) is 16.2. The molecule has 1 aliphatic rings. The Balaban J connectivity index is 1.92. The summed E-state index contributed by atoms with van der Waals surface area (Å²) in [6, 6.07) is 4.98. The van der Waals surface area contributed by atoms with E-state index in [9.17, 15) is 4.39 Å². The number of aliphatic imine (C=N–C) groups is 1. The lowest BCUT2D eigenvalue weighted by molar-refractivity contribution is 0.0793. The Morgan fingerprint density at radius 1 is 1.27 bits per heavy atom. The van der Waals surface area contributed by atoms with Gasteiger partial charge in [0.25, 0.3) is 0 Å². The molecule has 146 valence electrons. The minimum Gasteiger partial charge on any atom is -0.381 e. The van der Waals surface area contributed by atoms with E-state index in [1.165, 1.54) is 6.07 Å². The van der Waals surface area contributed by atoms with Gasteiger partial charge in [-0.05, 0) is 62.1 Å². The van der Waals surface area contributed by atoms with E-state index in [0.29, 0.717) is 0 Å². The summed E-state index contributed by atoms with van der Waals surface area (Å²) in [6.07, 6.45) is 2.96. The zero-order valence-corrected chi connectivity index (χ0v) is 17.1. The molecule has 1 aromatic carbocycles. The van der Waals surface area contributed by atoms with Gasteiger partial charge in [0, 0.05) is 31.1 Å². The summed E-state index contributed by atoms with van der Waals surface area (Å²) >= 11 is 2.01. The van der Waals surface area contributed by atoms with Gasteiger partial charge in [-0.2, -0.15) is 11.8 Å². The number of hydrogen-bond donors (Lipinski definition) is 2. The number of aryl methyl sites for hydroxylation is 1. The summed E-state index contributed by atoms with van der Waals surface area (Å²) in [4.78, 5) is 4.85. The number of thioether (sulfide) groups is 1. The molecule has 6 heteroatoms. The van der Waals surface area contributed by atoms with Crippen LogP contribution in [0.1, 0.15) is 37.8 Å². The second kappa shape index (κ2) is 10.8. The maximum absolute atomic E-state index is 13.2. The topological polar surface area (TPSA) is 45.7 Å². The number of nitrogens with zero attached hydrogens (tertiary/aromatic N) is 1. The first-order valence-electron chi connectivity index (χ1n) is 9.57. The van der Waals surface area contributed by atoms with Crippen molar-refractivity contribution in [1.29, 1.82) is 0 Å². The van der Waals surface area contributed by atoms with Gasteiger partial charge >= 0.3 is 0 Å². The van der Waals surface area contributed by atoms with E-state index in [1.807, 2.05) is 24.8 Å². The number of guanidine groups is 1. The monoisotopic (exact) mass is 381 g/mol. The standard InChI is InChI=1S/C20H32FN3OS/c1-4-22-19(23-11-8-17-6-7-18(21)14-16(17)3)24-15-20(26-5-2)9-12-25-13-10-20/h6-7,14H,4-5,8-13,15H2,1-3H3,(H2,22,23,24). The Kier molecular flexibility index (Phi) is 8.72. The maximum Gasteiger partial charge on any atom is 0.191 e. The van der Waals surface area contributed by atoms with Gasteiger partial charge in [-0.15, -0.1) is 0 Å². The molecular weight excluding hydrogens is 349 g/mol. The first kappa shape index (κ1) is 21.0. The van der Waals surface area contributed by atoms with E-state index in [2.05, 4.69) is 24.5 Å². The lowest BCUT2D eigenvalue weighted by Gasteiger charge is -2.35. The van der Waals surface area contributed by atoms with E-state index in [-0.39, 0.29) is 10.6 Å². The molecule has 0 atom stereocenters. The second-order valence-corrected chi connectivity index (χ2v) is 8.40. The fourth-order valence-electron chi connectivity index (χ4n) is 3.22. The molecule has 0 unspecified atom stereocenters. The number of nitrogens with one attached hydrogen (secondary N) is 2. The minimum atomic E-state index is -0.177. The van der Waals surface area contributed by atoms with Gasteiger partial charge in [0.05, 0.1) is 6.54 Å². The van der Waals surface area contributed by atoms with Crippen molar-refractivity contribution in [2.45, 2.75) is 44.8 Å². The Morgan fingerprint density at radius 2 is 2.04 bits per heavy atom. The largest absolute Gasteiger partial charge is 0.381 e. The minimum absolute atomic E-state index is 0.177. The lowest BCUT2D eigenvalue weighted by atomic mass is 9.99. The lowest BCUT2D eigenvalue weighted by Crippen LogP contribution is -2.41. The highest BCUT2D eigenvalue weighted by Gasteiger charge is 2.32. The highest BCUT2D eigenvalue weighted by Crippen LogP contribution is 2.35. The quantitative estimate of drug-likeness (QED) is 0.534. The van der Waals surface area contributed by atoms with Gasteiger partial charge in [0.15, 0.2) is 5.96 Å².